The van der Waals surface area contributed by atoms with Gasteiger partial charge in [0, 0.05) is 12.1 Å². The number of nitrogens with one attached hydrogen (secondary N) is 1. The quantitative estimate of drug-likeness (QED) is 0.775. The highest BCUT2D eigenvalue weighted by molar-refractivity contribution is 5.19. The zero-order valence-corrected chi connectivity index (χ0v) is 11.3. The number of hydrogen-bond acceptors (Lipinski definition) is 1. The SMILES string of the molecule is CCC1CC1NC(CC(C)C)c1ccccc1. The van der Waals surface area contributed by atoms with Crippen LogP contribution in [-0.4, -0.2) is 6.04 Å². The molecular formula is C16H25N. The summed E-state index contributed by atoms with van der Waals surface area (Å²) < 4.78 is 0. The Bertz CT molecular complexity index is 331. The second-order valence-corrected chi connectivity index (χ2v) is 5.77. The Morgan fingerprint density at radius 2 is 1.94 bits per heavy atom. The molecule has 0 amide bonds. The van der Waals surface area contributed by atoms with E-state index in [2.05, 4.69) is 56.4 Å². The molecule has 1 aliphatic rings. The summed E-state index contributed by atoms with van der Waals surface area (Å²) in [6, 6.07) is 12.2. The van der Waals surface area contributed by atoms with Crippen molar-refractivity contribution < 1.29 is 0 Å². The van der Waals surface area contributed by atoms with Gasteiger partial charge in [-0.25, -0.2) is 0 Å². The molecule has 0 aliphatic heterocycles. The van der Waals surface area contributed by atoms with Crippen molar-refractivity contribution >= 4 is 0 Å². The molecule has 1 nitrogen and oxygen atoms in total. The van der Waals surface area contributed by atoms with Gasteiger partial charge < -0.3 is 5.32 Å². The van der Waals surface area contributed by atoms with Crippen molar-refractivity contribution in [1.29, 1.82) is 0 Å². The lowest BCUT2D eigenvalue weighted by atomic mass is 9.97. The first kappa shape index (κ1) is 12.6. The van der Waals surface area contributed by atoms with Crippen LogP contribution in [0.4, 0.5) is 0 Å². The molecule has 3 atom stereocenters. The van der Waals surface area contributed by atoms with E-state index in [-0.39, 0.29) is 0 Å². The smallest absolute Gasteiger partial charge is 0.0325 e. The van der Waals surface area contributed by atoms with Gasteiger partial charge in [-0.3, -0.25) is 0 Å². The molecule has 0 aromatic heterocycles. The van der Waals surface area contributed by atoms with Gasteiger partial charge >= 0.3 is 0 Å². The summed E-state index contributed by atoms with van der Waals surface area (Å²) in [5.74, 6) is 1.67. The minimum atomic E-state index is 0.540. The second kappa shape index (κ2) is 5.68. The summed E-state index contributed by atoms with van der Waals surface area (Å²) in [6.07, 6.45) is 3.93. The molecule has 17 heavy (non-hydrogen) atoms. The Labute approximate surface area is 106 Å². The van der Waals surface area contributed by atoms with Gasteiger partial charge in [-0.2, -0.15) is 0 Å². The van der Waals surface area contributed by atoms with Crippen LogP contribution in [0.2, 0.25) is 0 Å². The largest absolute Gasteiger partial charge is 0.307 e. The van der Waals surface area contributed by atoms with Crippen molar-refractivity contribution in [2.75, 3.05) is 0 Å². The Kier molecular flexibility index (Phi) is 4.22. The molecule has 0 bridgehead atoms. The molecule has 3 unspecified atom stereocenters. The maximum absolute atomic E-state index is 3.84. The van der Waals surface area contributed by atoms with E-state index in [1.807, 2.05) is 0 Å². The van der Waals surface area contributed by atoms with Gasteiger partial charge in [0.2, 0.25) is 0 Å². The second-order valence-electron chi connectivity index (χ2n) is 5.77. The van der Waals surface area contributed by atoms with Gasteiger partial charge in [0.15, 0.2) is 0 Å². The van der Waals surface area contributed by atoms with Crippen molar-refractivity contribution in [3.63, 3.8) is 0 Å². The van der Waals surface area contributed by atoms with E-state index < -0.39 is 0 Å². The van der Waals surface area contributed by atoms with Crippen LogP contribution in [0, 0.1) is 11.8 Å². The average Bonchev–Trinajstić information content (AvgIpc) is 3.07. The summed E-state index contributed by atoms with van der Waals surface area (Å²) in [6.45, 7) is 6.91. The van der Waals surface area contributed by atoms with Crippen LogP contribution in [0.1, 0.15) is 51.6 Å². The predicted molar refractivity (Wildman–Crippen MR) is 74.0 cm³/mol. The summed E-state index contributed by atoms with van der Waals surface area (Å²) in [5.41, 5.74) is 1.45. The first-order valence-electron chi connectivity index (χ1n) is 7.01. The van der Waals surface area contributed by atoms with E-state index in [4.69, 9.17) is 0 Å². The third-order valence-corrected chi connectivity index (χ3v) is 3.77. The van der Waals surface area contributed by atoms with Gasteiger partial charge in [0.25, 0.3) is 0 Å². The minimum absolute atomic E-state index is 0.540. The Balaban J connectivity index is 1.99. The van der Waals surface area contributed by atoms with Gasteiger partial charge in [-0.05, 0) is 30.2 Å². The topological polar surface area (TPSA) is 12.0 Å². The molecule has 0 spiro atoms. The third-order valence-electron chi connectivity index (χ3n) is 3.77. The van der Waals surface area contributed by atoms with Crippen LogP contribution in [-0.2, 0) is 0 Å². The zero-order valence-electron chi connectivity index (χ0n) is 11.3. The van der Waals surface area contributed by atoms with Crippen LogP contribution in [0.5, 0.6) is 0 Å². The van der Waals surface area contributed by atoms with Crippen LogP contribution < -0.4 is 5.32 Å². The fraction of sp³-hybridized carbons (Fsp3) is 0.625. The molecule has 0 saturated heterocycles. The van der Waals surface area contributed by atoms with Crippen molar-refractivity contribution in [1.82, 2.24) is 5.32 Å². The zero-order chi connectivity index (χ0) is 12.3. The predicted octanol–water partition coefficient (Wildman–Crippen LogP) is 4.16. The van der Waals surface area contributed by atoms with Crippen molar-refractivity contribution in [2.24, 2.45) is 11.8 Å². The van der Waals surface area contributed by atoms with Gasteiger partial charge in [-0.15, -0.1) is 0 Å². The van der Waals surface area contributed by atoms with E-state index in [1.54, 1.807) is 0 Å². The Morgan fingerprint density at radius 3 is 2.47 bits per heavy atom. The fourth-order valence-corrected chi connectivity index (χ4v) is 2.62. The van der Waals surface area contributed by atoms with E-state index in [0.29, 0.717) is 6.04 Å². The van der Waals surface area contributed by atoms with E-state index in [1.165, 1.54) is 24.8 Å². The Morgan fingerprint density at radius 1 is 1.24 bits per heavy atom. The molecule has 1 aromatic carbocycles. The molecule has 2 rings (SSSR count). The van der Waals surface area contributed by atoms with Crippen molar-refractivity contribution in [2.45, 2.75) is 52.1 Å². The third kappa shape index (κ3) is 3.57. The summed E-state index contributed by atoms with van der Waals surface area (Å²) >= 11 is 0. The normalized spacial score (nSPS) is 24.9. The van der Waals surface area contributed by atoms with Gasteiger partial charge in [-0.1, -0.05) is 57.5 Å². The lowest BCUT2D eigenvalue weighted by Crippen LogP contribution is -2.26. The maximum atomic E-state index is 3.84. The molecular weight excluding hydrogens is 206 g/mol. The van der Waals surface area contributed by atoms with Crippen molar-refractivity contribution in [3.05, 3.63) is 35.9 Å². The number of rotatable bonds is 6. The first-order valence-corrected chi connectivity index (χ1v) is 7.01. The highest BCUT2D eigenvalue weighted by Gasteiger charge is 2.36. The molecule has 0 heterocycles. The first-order chi connectivity index (χ1) is 8.20. The van der Waals surface area contributed by atoms with Gasteiger partial charge in [0.05, 0.1) is 0 Å². The monoisotopic (exact) mass is 231 g/mol. The molecule has 1 saturated carbocycles. The molecule has 1 heteroatoms. The van der Waals surface area contributed by atoms with E-state index >= 15 is 0 Å². The van der Waals surface area contributed by atoms with Crippen LogP contribution in [0.15, 0.2) is 30.3 Å². The van der Waals surface area contributed by atoms with E-state index in [9.17, 15) is 0 Å². The van der Waals surface area contributed by atoms with Gasteiger partial charge in [0.1, 0.15) is 0 Å². The highest BCUT2D eigenvalue weighted by Crippen LogP contribution is 2.36. The maximum Gasteiger partial charge on any atom is 0.0325 e. The summed E-state index contributed by atoms with van der Waals surface area (Å²) in [5, 5.41) is 3.84. The minimum Gasteiger partial charge on any atom is -0.307 e. The van der Waals surface area contributed by atoms with Crippen LogP contribution in [0.25, 0.3) is 0 Å². The Hall–Kier alpha value is -0.820. The molecule has 1 aliphatic carbocycles. The summed E-state index contributed by atoms with van der Waals surface area (Å²) in [7, 11) is 0. The van der Waals surface area contributed by atoms with Crippen LogP contribution in [0.3, 0.4) is 0 Å². The summed E-state index contributed by atoms with van der Waals surface area (Å²) in [4.78, 5) is 0. The number of hydrogen-bond donors (Lipinski definition) is 1. The molecule has 1 fully saturated rings. The van der Waals surface area contributed by atoms with Crippen LogP contribution >= 0.6 is 0 Å². The molecule has 1 aromatic rings. The lowest BCUT2D eigenvalue weighted by Gasteiger charge is -2.21. The molecule has 1 N–H and O–H groups in total. The number of benzene rings is 1. The van der Waals surface area contributed by atoms with E-state index in [0.717, 1.165) is 17.9 Å². The lowest BCUT2D eigenvalue weighted by molar-refractivity contribution is 0.418. The molecule has 94 valence electrons. The highest BCUT2D eigenvalue weighted by atomic mass is 15.0. The average molecular weight is 231 g/mol. The fourth-order valence-electron chi connectivity index (χ4n) is 2.62. The standard InChI is InChI=1S/C16H25N/c1-4-13-11-16(13)17-15(10-12(2)3)14-8-6-5-7-9-14/h5-9,12-13,15-17H,4,10-11H2,1-3H3. The molecule has 0 radical (unpaired) electrons. The van der Waals surface area contributed by atoms with Crippen molar-refractivity contribution in [3.8, 4) is 0 Å².